The zero-order chi connectivity index (χ0) is 30.5. The molecule has 228 valence electrons. The third kappa shape index (κ3) is 11.1. The van der Waals surface area contributed by atoms with Gasteiger partial charge in [-0.05, 0) is 76.3 Å². The number of nitrogens with zero attached hydrogens (tertiary/aromatic N) is 1. The highest BCUT2D eigenvalue weighted by atomic mass is 16.6. The second-order valence-electron chi connectivity index (χ2n) is 11.4. The van der Waals surface area contributed by atoms with Crippen LogP contribution in [0.15, 0.2) is 54.6 Å². The fourth-order valence-electron chi connectivity index (χ4n) is 4.78. The van der Waals surface area contributed by atoms with Crippen LogP contribution in [-0.4, -0.2) is 67.2 Å². The molecule has 1 heterocycles. The number of hydrogen-bond donors (Lipinski definition) is 2. The number of likely N-dealkylation sites (tertiary alicyclic amines) is 1. The number of benzene rings is 2. The third-order valence-corrected chi connectivity index (χ3v) is 6.81. The highest BCUT2D eigenvalue weighted by Crippen LogP contribution is 2.29. The van der Waals surface area contributed by atoms with Crippen LogP contribution in [0.5, 0.6) is 5.75 Å². The van der Waals surface area contributed by atoms with Gasteiger partial charge in [-0.1, -0.05) is 30.3 Å². The molecule has 0 spiro atoms. The molecule has 10 nitrogen and oxygen atoms in total. The first kappa shape index (κ1) is 32.4. The van der Waals surface area contributed by atoms with E-state index in [1.54, 1.807) is 45.0 Å². The lowest BCUT2D eigenvalue weighted by atomic mass is 10.0. The first-order valence-electron chi connectivity index (χ1n) is 14.4. The molecule has 0 aliphatic carbocycles. The van der Waals surface area contributed by atoms with Gasteiger partial charge >= 0.3 is 12.1 Å². The molecule has 1 aliphatic heterocycles. The molecule has 2 atom stereocenters. The monoisotopic (exact) mass is 581 g/mol. The smallest absolute Gasteiger partial charge is 0.407 e. The Labute approximate surface area is 248 Å². The topological polar surface area (TPSA) is 123 Å². The lowest BCUT2D eigenvalue weighted by Gasteiger charge is -2.25. The van der Waals surface area contributed by atoms with Crippen LogP contribution in [0.2, 0.25) is 0 Å². The van der Waals surface area contributed by atoms with E-state index in [1.807, 2.05) is 23.1 Å². The van der Waals surface area contributed by atoms with Crippen molar-refractivity contribution in [3.63, 3.8) is 0 Å². The number of amides is 3. The minimum absolute atomic E-state index is 0.0404. The molecule has 1 aliphatic rings. The first-order chi connectivity index (χ1) is 20.0. The molecule has 0 unspecified atom stereocenters. The summed E-state index contributed by atoms with van der Waals surface area (Å²) in [7, 11) is 1.33. The standard InChI is InChI=1S/C32H43N3O7/c1-32(2,3)42-31(39)33-18-8-13-28(36)34-25-14-16-27(17-15-25)41-22-26-20-24(21-29(37)40-4)30(38)35(26)19-9-12-23-10-6-5-7-11-23/h5-7,10-11,14-17,24,26H,8-9,12-13,18-22H2,1-4H3,(H,33,39)(H,34,36)/t24-,26-/m0/s1. The molecule has 3 amide bonds. The van der Waals surface area contributed by atoms with Crippen LogP contribution in [-0.2, 0) is 30.3 Å². The molecule has 0 saturated carbocycles. The second-order valence-corrected chi connectivity index (χ2v) is 11.4. The summed E-state index contributed by atoms with van der Waals surface area (Å²) in [6.45, 7) is 6.58. The number of hydrogen-bond acceptors (Lipinski definition) is 7. The van der Waals surface area contributed by atoms with Crippen LogP contribution < -0.4 is 15.4 Å². The van der Waals surface area contributed by atoms with E-state index in [2.05, 4.69) is 22.8 Å². The van der Waals surface area contributed by atoms with Crippen molar-refractivity contribution >= 4 is 29.6 Å². The summed E-state index contributed by atoms with van der Waals surface area (Å²) in [5.41, 5.74) is 1.28. The number of ether oxygens (including phenoxy) is 3. The minimum Gasteiger partial charge on any atom is -0.491 e. The van der Waals surface area contributed by atoms with Crippen molar-refractivity contribution in [3.8, 4) is 5.75 Å². The van der Waals surface area contributed by atoms with Gasteiger partial charge in [0.15, 0.2) is 0 Å². The van der Waals surface area contributed by atoms with Gasteiger partial charge in [-0.15, -0.1) is 0 Å². The molecule has 2 aromatic rings. The van der Waals surface area contributed by atoms with Crippen molar-refractivity contribution in [3.05, 3.63) is 60.2 Å². The molecule has 3 rings (SSSR count). The van der Waals surface area contributed by atoms with E-state index in [1.165, 1.54) is 12.7 Å². The van der Waals surface area contributed by atoms with E-state index in [-0.39, 0.29) is 30.7 Å². The summed E-state index contributed by atoms with van der Waals surface area (Å²) < 4.78 is 16.0. The summed E-state index contributed by atoms with van der Waals surface area (Å²) in [6.07, 6.45) is 2.47. The number of aryl methyl sites for hydroxylation is 1. The van der Waals surface area contributed by atoms with Gasteiger partial charge in [0.2, 0.25) is 11.8 Å². The van der Waals surface area contributed by atoms with E-state index in [0.717, 1.165) is 12.8 Å². The van der Waals surface area contributed by atoms with Gasteiger partial charge in [-0.2, -0.15) is 0 Å². The highest BCUT2D eigenvalue weighted by Gasteiger charge is 2.40. The van der Waals surface area contributed by atoms with Crippen LogP contribution in [0.25, 0.3) is 0 Å². The molecular formula is C32H43N3O7. The fraction of sp³-hybridized carbons (Fsp3) is 0.500. The van der Waals surface area contributed by atoms with Gasteiger partial charge in [0.05, 0.1) is 25.5 Å². The van der Waals surface area contributed by atoms with Crippen molar-refractivity contribution < 1.29 is 33.4 Å². The van der Waals surface area contributed by atoms with E-state index in [4.69, 9.17) is 14.2 Å². The van der Waals surface area contributed by atoms with Crippen LogP contribution in [0, 0.1) is 5.92 Å². The molecule has 0 radical (unpaired) electrons. The van der Waals surface area contributed by atoms with Crippen LogP contribution in [0.4, 0.5) is 10.5 Å². The summed E-state index contributed by atoms with van der Waals surface area (Å²) >= 11 is 0. The fourth-order valence-corrected chi connectivity index (χ4v) is 4.78. The molecular weight excluding hydrogens is 538 g/mol. The predicted octanol–water partition coefficient (Wildman–Crippen LogP) is 4.72. The number of carbonyl (C=O) groups is 4. The zero-order valence-corrected chi connectivity index (χ0v) is 25.0. The second kappa shape index (κ2) is 15.8. The maximum atomic E-state index is 13.1. The Balaban J connectivity index is 1.46. The molecule has 1 saturated heterocycles. The van der Waals surface area contributed by atoms with Crippen molar-refractivity contribution in [2.45, 2.75) is 70.9 Å². The molecule has 2 N–H and O–H groups in total. The predicted molar refractivity (Wildman–Crippen MR) is 159 cm³/mol. The summed E-state index contributed by atoms with van der Waals surface area (Å²) in [4.78, 5) is 50.8. The Kier molecular flexibility index (Phi) is 12.2. The number of esters is 1. The van der Waals surface area contributed by atoms with Gasteiger partial charge in [0, 0.05) is 25.2 Å². The SMILES string of the molecule is COC(=O)C[C@@H]1C[C@@H](COc2ccc(NC(=O)CCCNC(=O)OC(C)(C)C)cc2)N(CCCc2ccccc2)C1=O. The van der Waals surface area contributed by atoms with Gasteiger partial charge < -0.3 is 29.7 Å². The molecule has 0 bridgehead atoms. The average molecular weight is 582 g/mol. The molecule has 1 fully saturated rings. The molecule has 42 heavy (non-hydrogen) atoms. The Morgan fingerprint density at radius 2 is 1.71 bits per heavy atom. The number of anilines is 1. The molecule has 2 aromatic carbocycles. The van der Waals surface area contributed by atoms with Gasteiger partial charge in [0.25, 0.3) is 0 Å². The average Bonchev–Trinajstić information content (AvgIpc) is 3.24. The Bertz CT molecular complexity index is 1180. The molecule has 10 heteroatoms. The number of methoxy groups -OCH3 is 1. The van der Waals surface area contributed by atoms with Crippen LogP contribution in [0.1, 0.15) is 58.4 Å². The Morgan fingerprint density at radius 3 is 2.38 bits per heavy atom. The van der Waals surface area contributed by atoms with Crippen LogP contribution in [0.3, 0.4) is 0 Å². The normalized spacial score (nSPS) is 16.6. The first-order valence-corrected chi connectivity index (χ1v) is 14.4. The minimum atomic E-state index is -0.569. The summed E-state index contributed by atoms with van der Waals surface area (Å²) in [5.74, 6) is -0.401. The van der Waals surface area contributed by atoms with Crippen molar-refractivity contribution in [1.82, 2.24) is 10.2 Å². The van der Waals surface area contributed by atoms with Gasteiger partial charge in [0.1, 0.15) is 18.0 Å². The number of carbonyl (C=O) groups excluding carboxylic acids is 4. The lowest BCUT2D eigenvalue weighted by molar-refractivity contribution is -0.144. The maximum absolute atomic E-state index is 13.1. The van der Waals surface area contributed by atoms with Crippen LogP contribution >= 0.6 is 0 Å². The maximum Gasteiger partial charge on any atom is 0.407 e. The van der Waals surface area contributed by atoms with Gasteiger partial charge in [-0.25, -0.2) is 4.79 Å². The van der Waals surface area contributed by atoms with E-state index >= 15 is 0 Å². The van der Waals surface area contributed by atoms with Gasteiger partial charge in [-0.3, -0.25) is 14.4 Å². The van der Waals surface area contributed by atoms with Crippen molar-refractivity contribution in [2.75, 3.05) is 32.1 Å². The largest absolute Gasteiger partial charge is 0.491 e. The number of nitrogens with one attached hydrogen (secondary N) is 2. The molecule has 0 aromatic heterocycles. The van der Waals surface area contributed by atoms with Crippen molar-refractivity contribution in [2.24, 2.45) is 5.92 Å². The number of alkyl carbamates (subject to hydrolysis) is 1. The van der Waals surface area contributed by atoms with E-state index < -0.39 is 23.6 Å². The Hall–Kier alpha value is -4.08. The zero-order valence-electron chi connectivity index (χ0n) is 25.0. The van der Waals surface area contributed by atoms with E-state index in [0.29, 0.717) is 44.0 Å². The summed E-state index contributed by atoms with van der Waals surface area (Å²) in [6, 6.07) is 17.0. The lowest BCUT2D eigenvalue weighted by Crippen LogP contribution is -2.38. The highest BCUT2D eigenvalue weighted by molar-refractivity contribution is 5.90. The van der Waals surface area contributed by atoms with Crippen molar-refractivity contribution in [1.29, 1.82) is 0 Å². The summed E-state index contributed by atoms with van der Waals surface area (Å²) in [5, 5.41) is 5.47. The quantitative estimate of drug-likeness (QED) is 0.244. The Morgan fingerprint density at radius 1 is 1.00 bits per heavy atom. The number of rotatable bonds is 14. The third-order valence-electron chi connectivity index (χ3n) is 6.81. The van der Waals surface area contributed by atoms with E-state index in [9.17, 15) is 19.2 Å².